The summed E-state index contributed by atoms with van der Waals surface area (Å²) in [5, 5.41) is 15.8. The lowest BCUT2D eigenvalue weighted by molar-refractivity contribution is 0.221. The second-order valence-electron chi connectivity index (χ2n) is 2.14. The Morgan fingerprint density at radius 3 is 1.22 bits per heavy atom. The average molecular weight is 135 g/mol. The van der Waals surface area contributed by atoms with Crippen molar-refractivity contribution in [3.8, 4) is 0 Å². The molecule has 0 amide bonds. The third-order valence-corrected chi connectivity index (χ3v) is 0.316. The zero-order valence-corrected chi connectivity index (χ0v) is 6.46. The van der Waals surface area contributed by atoms with Crippen LogP contribution in [-0.2, 0) is 0 Å². The van der Waals surface area contributed by atoms with Crippen LogP contribution in [0.25, 0.3) is 0 Å². The zero-order chi connectivity index (χ0) is 7.70. The first-order valence-electron chi connectivity index (χ1n) is 2.97. The molecule has 0 rings (SSSR count). The summed E-state index contributed by atoms with van der Waals surface area (Å²) in [5.74, 6) is 0. The Morgan fingerprint density at radius 2 is 1.22 bits per heavy atom. The van der Waals surface area contributed by atoms with Gasteiger partial charge in [-0.3, -0.25) is 0 Å². The monoisotopic (exact) mass is 135 g/mol. The van der Waals surface area contributed by atoms with Gasteiger partial charge in [0.25, 0.3) is 0 Å². The van der Waals surface area contributed by atoms with E-state index in [2.05, 4.69) is 0 Å². The molecule has 3 heteroatoms. The fraction of sp³-hybridized carbons (Fsp3) is 1.00. The lowest BCUT2D eigenvalue weighted by Crippen LogP contribution is -1.99. The van der Waals surface area contributed by atoms with Crippen LogP contribution in [0.5, 0.6) is 0 Å². The van der Waals surface area contributed by atoms with Gasteiger partial charge in [0.05, 0.1) is 0 Å². The van der Waals surface area contributed by atoms with Crippen LogP contribution in [0.4, 0.5) is 0 Å². The number of rotatable bonds is 2. The summed E-state index contributed by atoms with van der Waals surface area (Å²) in [6.45, 7) is 0.188. The van der Waals surface area contributed by atoms with Gasteiger partial charge in [-0.15, -0.1) is 0 Å². The largest absolute Gasteiger partial charge is 0.396 e. The van der Waals surface area contributed by atoms with Crippen molar-refractivity contribution in [3.63, 3.8) is 0 Å². The SMILES string of the molecule is CN(C)C.OCCCO. The van der Waals surface area contributed by atoms with Gasteiger partial charge in [0, 0.05) is 13.2 Å². The van der Waals surface area contributed by atoms with E-state index in [0.717, 1.165) is 0 Å². The minimum Gasteiger partial charge on any atom is -0.396 e. The van der Waals surface area contributed by atoms with Gasteiger partial charge >= 0.3 is 0 Å². The molecule has 0 saturated heterocycles. The van der Waals surface area contributed by atoms with Crippen LogP contribution >= 0.6 is 0 Å². The summed E-state index contributed by atoms with van der Waals surface area (Å²) in [6, 6.07) is 0. The summed E-state index contributed by atoms with van der Waals surface area (Å²) in [4.78, 5) is 2.00. The quantitative estimate of drug-likeness (QED) is 0.538. The first-order valence-corrected chi connectivity index (χ1v) is 2.97. The summed E-state index contributed by atoms with van der Waals surface area (Å²) in [5.41, 5.74) is 0. The second kappa shape index (κ2) is 10.8. The van der Waals surface area contributed by atoms with Gasteiger partial charge < -0.3 is 15.1 Å². The highest BCUT2D eigenvalue weighted by Gasteiger charge is 1.70. The van der Waals surface area contributed by atoms with Crippen LogP contribution in [0.3, 0.4) is 0 Å². The normalized spacial score (nSPS) is 8.67. The maximum Gasteiger partial charge on any atom is 0.0452 e. The molecule has 0 saturated carbocycles. The molecular formula is C6H17NO2. The van der Waals surface area contributed by atoms with Gasteiger partial charge in [-0.1, -0.05) is 0 Å². The van der Waals surface area contributed by atoms with Gasteiger partial charge in [-0.2, -0.15) is 0 Å². The van der Waals surface area contributed by atoms with Crippen molar-refractivity contribution in [2.24, 2.45) is 0 Å². The molecular weight excluding hydrogens is 118 g/mol. The molecule has 2 N–H and O–H groups in total. The Morgan fingerprint density at radius 1 is 1.00 bits per heavy atom. The van der Waals surface area contributed by atoms with Gasteiger partial charge in [0.1, 0.15) is 0 Å². The molecule has 58 valence electrons. The first kappa shape index (κ1) is 11.6. The maximum atomic E-state index is 7.91. The van der Waals surface area contributed by atoms with E-state index in [0.29, 0.717) is 6.42 Å². The van der Waals surface area contributed by atoms with Crippen LogP contribution < -0.4 is 0 Å². The topological polar surface area (TPSA) is 43.7 Å². The third-order valence-electron chi connectivity index (χ3n) is 0.316. The second-order valence-corrected chi connectivity index (χ2v) is 2.14. The van der Waals surface area contributed by atoms with E-state index in [1.807, 2.05) is 26.0 Å². The van der Waals surface area contributed by atoms with E-state index >= 15 is 0 Å². The highest BCUT2D eigenvalue weighted by atomic mass is 16.3. The zero-order valence-electron chi connectivity index (χ0n) is 6.46. The maximum absolute atomic E-state index is 7.91. The smallest absolute Gasteiger partial charge is 0.0452 e. The standard InChI is InChI=1S/C3H9N.C3H8O2/c1-4(2)3;4-2-1-3-5/h1-3H3;4-5H,1-3H2. The van der Waals surface area contributed by atoms with Crippen LogP contribution in [0.1, 0.15) is 6.42 Å². The van der Waals surface area contributed by atoms with Crippen molar-refractivity contribution in [2.45, 2.75) is 6.42 Å². The number of aliphatic hydroxyl groups is 2. The lowest BCUT2D eigenvalue weighted by atomic mass is 10.5. The molecule has 9 heavy (non-hydrogen) atoms. The number of hydrogen-bond donors (Lipinski definition) is 2. The first-order chi connectivity index (χ1) is 4.15. The lowest BCUT2D eigenvalue weighted by Gasteiger charge is -1.90. The number of hydrogen-bond acceptors (Lipinski definition) is 3. The molecule has 0 heterocycles. The fourth-order valence-corrected chi connectivity index (χ4v) is 0.0707. The Labute approximate surface area is 56.9 Å². The van der Waals surface area contributed by atoms with Gasteiger partial charge in [0.2, 0.25) is 0 Å². The van der Waals surface area contributed by atoms with E-state index in [1.165, 1.54) is 0 Å². The van der Waals surface area contributed by atoms with Gasteiger partial charge in [-0.25, -0.2) is 0 Å². The molecule has 0 aliphatic carbocycles. The van der Waals surface area contributed by atoms with E-state index in [4.69, 9.17) is 10.2 Å². The highest BCUT2D eigenvalue weighted by Crippen LogP contribution is 1.65. The van der Waals surface area contributed by atoms with E-state index < -0.39 is 0 Å². The van der Waals surface area contributed by atoms with Crippen LogP contribution in [-0.4, -0.2) is 49.5 Å². The Hall–Kier alpha value is -0.120. The molecule has 0 fully saturated rings. The third kappa shape index (κ3) is 77.1. The Kier molecular flexibility index (Phi) is 14.0. The number of aliphatic hydroxyl groups excluding tert-OH is 2. The van der Waals surface area contributed by atoms with E-state index in [9.17, 15) is 0 Å². The molecule has 0 radical (unpaired) electrons. The van der Waals surface area contributed by atoms with Gasteiger partial charge in [-0.05, 0) is 27.6 Å². The minimum atomic E-state index is 0.0938. The number of nitrogens with zero attached hydrogens (tertiary/aromatic N) is 1. The predicted octanol–water partition coefficient (Wildman–Crippen LogP) is -0.461. The molecule has 0 aliphatic rings. The molecule has 0 aliphatic heterocycles. The van der Waals surface area contributed by atoms with Crippen LogP contribution in [0, 0.1) is 0 Å². The predicted molar refractivity (Wildman–Crippen MR) is 38.4 cm³/mol. The molecule has 0 bridgehead atoms. The molecule has 0 aromatic heterocycles. The molecule has 0 atom stereocenters. The van der Waals surface area contributed by atoms with Crippen LogP contribution in [0.15, 0.2) is 0 Å². The van der Waals surface area contributed by atoms with Crippen molar-refractivity contribution in [1.29, 1.82) is 0 Å². The Bertz CT molecular complexity index is 35.3. The van der Waals surface area contributed by atoms with Crippen molar-refractivity contribution in [1.82, 2.24) is 4.90 Å². The average Bonchev–Trinajstić information content (AvgIpc) is 1.66. The summed E-state index contributed by atoms with van der Waals surface area (Å²) < 4.78 is 0. The van der Waals surface area contributed by atoms with Crippen molar-refractivity contribution < 1.29 is 10.2 Å². The molecule has 0 aromatic rings. The molecule has 0 aromatic carbocycles. The Balaban J connectivity index is 0. The summed E-state index contributed by atoms with van der Waals surface area (Å²) in [6.07, 6.45) is 0.500. The van der Waals surface area contributed by atoms with Crippen LogP contribution in [0.2, 0.25) is 0 Å². The molecule has 3 nitrogen and oxygen atoms in total. The fourth-order valence-electron chi connectivity index (χ4n) is 0.0707. The van der Waals surface area contributed by atoms with E-state index in [-0.39, 0.29) is 13.2 Å². The molecule has 0 spiro atoms. The van der Waals surface area contributed by atoms with Crippen molar-refractivity contribution in [2.75, 3.05) is 34.4 Å². The summed E-state index contributed by atoms with van der Waals surface area (Å²) >= 11 is 0. The van der Waals surface area contributed by atoms with Crippen molar-refractivity contribution in [3.05, 3.63) is 0 Å². The van der Waals surface area contributed by atoms with Gasteiger partial charge in [0.15, 0.2) is 0 Å². The minimum absolute atomic E-state index is 0.0938. The highest BCUT2D eigenvalue weighted by molar-refractivity contribution is 4.22. The molecule has 0 unspecified atom stereocenters. The van der Waals surface area contributed by atoms with E-state index in [1.54, 1.807) is 0 Å². The van der Waals surface area contributed by atoms with Crippen molar-refractivity contribution >= 4 is 0 Å². The summed E-state index contributed by atoms with van der Waals surface area (Å²) in [7, 11) is 6.00.